The molecule has 7 heteroatoms. The molecule has 4 rings (SSSR count). The Balaban J connectivity index is 1.36. The van der Waals surface area contributed by atoms with Gasteiger partial charge in [0.05, 0.1) is 18.7 Å². The standard InChI is InChI=1S/C24H25FN4O2/c1-31-21-6-2-4-17(14-21)15-26-24(30)19-5-3-13-29(16-19)23-12-11-22(27-28-23)18-7-9-20(25)10-8-18/h2,4,6-12,14,19H,3,5,13,15-16H2,1H3,(H,26,30)/t19-/m1/s1. The van der Waals surface area contributed by atoms with Crippen LogP contribution in [0.2, 0.25) is 0 Å². The quantitative estimate of drug-likeness (QED) is 0.657. The Morgan fingerprint density at radius 3 is 2.74 bits per heavy atom. The van der Waals surface area contributed by atoms with Crippen LogP contribution in [0.3, 0.4) is 0 Å². The van der Waals surface area contributed by atoms with Crippen LogP contribution >= 0.6 is 0 Å². The van der Waals surface area contributed by atoms with Gasteiger partial charge in [0.15, 0.2) is 5.82 Å². The van der Waals surface area contributed by atoms with Crippen molar-refractivity contribution < 1.29 is 13.9 Å². The van der Waals surface area contributed by atoms with Gasteiger partial charge in [-0.25, -0.2) is 4.39 Å². The smallest absolute Gasteiger partial charge is 0.225 e. The van der Waals surface area contributed by atoms with Gasteiger partial charge in [-0.2, -0.15) is 0 Å². The van der Waals surface area contributed by atoms with E-state index in [1.54, 1.807) is 19.2 Å². The summed E-state index contributed by atoms with van der Waals surface area (Å²) in [5.74, 6) is 1.19. The zero-order valence-electron chi connectivity index (χ0n) is 17.4. The van der Waals surface area contributed by atoms with E-state index in [2.05, 4.69) is 20.4 Å². The van der Waals surface area contributed by atoms with Crippen LogP contribution in [0, 0.1) is 11.7 Å². The van der Waals surface area contributed by atoms with E-state index in [1.807, 2.05) is 36.4 Å². The van der Waals surface area contributed by atoms with Crippen molar-refractivity contribution in [2.45, 2.75) is 19.4 Å². The highest BCUT2D eigenvalue weighted by molar-refractivity contribution is 5.79. The van der Waals surface area contributed by atoms with E-state index in [-0.39, 0.29) is 17.6 Å². The Kier molecular flexibility index (Phi) is 6.40. The highest BCUT2D eigenvalue weighted by atomic mass is 19.1. The van der Waals surface area contributed by atoms with Crippen LogP contribution < -0.4 is 15.0 Å². The number of hydrogen-bond acceptors (Lipinski definition) is 5. The van der Waals surface area contributed by atoms with Crippen LogP contribution in [0.25, 0.3) is 11.3 Å². The molecule has 3 aromatic rings. The molecule has 0 saturated carbocycles. The van der Waals surface area contributed by atoms with Gasteiger partial charge in [0.25, 0.3) is 0 Å². The minimum absolute atomic E-state index is 0.0448. The van der Waals surface area contributed by atoms with Crippen molar-refractivity contribution in [1.29, 1.82) is 0 Å². The summed E-state index contributed by atoms with van der Waals surface area (Å²) in [6.45, 7) is 1.91. The number of anilines is 1. The van der Waals surface area contributed by atoms with E-state index in [0.29, 0.717) is 18.8 Å². The fourth-order valence-electron chi connectivity index (χ4n) is 3.78. The zero-order valence-corrected chi connectivity index (χ0v) is 17.4. The predicted octanol–water partition coefficient (Wildman–Crippen LogP) is 3.82. The molecule has 1 amide bonds. The van der Waals surface area contributed by atoms with E-state index in [9.17, 15) is 9.18 Å². The van der Waals surface area contributed by atoms with Crippen LogP contribution in [-0.4, -0.2) is 36.3 Å². The van der Waals surface area contributed by atoms with Crippen molar-refractivity contribution in [3.8, 4) is 17.0 Å². The molecule has 1 aromatic heterocycles. The van der Waals surface area contributed by atoms with E-state index in [0.717, 1.165) is 42.1 Å². The largest absolute Gasteiger partial charge is 0.497 e. The van der Waals surface area contributed by atoms with Crippen molar-refractivity contribution in [1.82, 2.24) is 15.5 Å². The molecule has 1 fully saturated rings. The summed E-state index contributed by atoms with van der Waals surface area (Å²) in [7, 11) is 1.63. The summed E-state index contributed by atoms with van der Waals surface area (Å²) in [6.07, 6.45) is 1.76. The van der Waals surface area contributed by atoms with Crippen LogP contribution in [0.15, 0.2) is 60.7 Å². The van der Waals surface area contributed by atoms with Gasteiger partial charge in [0, 0.05) is 25.2 Å². The number of methoxy groups -OCH3 is 1. The first kappa shape index (κ1) is 20.8. The number of ether oxygens (including phenoxy) is 1. The minimum atomic E-state index is -0.280. The summed E-state index contributed by atoms with van der Waals surface area (Å²) >= 11 is 0. The van der Waals surface area contributed by atoms with Crippen molar-refractivity contribution in [3.05, 3.63) is 72.0 Å². The van der Waals surface area contributed by atoms with Gasteiger partial charge in [0.1, 0.15) is 11.6 Å². The molecule has 160 valence electrons. The number of hydrogen-bond donors (Lipinski definition) is 1. The number of benzene rings is 2. The number of amides is 1. The molecule has 6 nitrogen and oxygen atoms in total. The Bertz CT molecular complexity index is 1020. The summed E-state index contributed by atoms with van der Waals surface area (Å²) < 4.78 is 18.3. The van der Waals surface area contributed by atoms with Crippen LogP contribution in [0.4, 0.5) is 10.2 Å². The molecule has 1 saturated heterocycles. The number of aromatic nitrogens is 2. The normalized spacial score (nSPS) is 16.1. The average Bonchev–Trinajstić information content (AvgIpc) is 2.83. The van der Waals surface area contributed by atoms with Gasteiger partial charge >= 0.3 is 0 Å². The second-order valence-corrected chi connectivity index (χ2v) is 7.64. The van der Waals surface area contributed by atoms with Crippen molar-refractivity contribution in [2.24, 2.45) is 5.92 Å². The van der Waals surface area contributed by atoms with Gasteiger partial charge in [-0.1, -0.05) is 12.1 Å². The molecule has 0 aliphatic carbocycles. The van der Waals surface area contributed by atoms with Crippen LogP contribution in [-0.2, 0) is 11.3 Å². The van der Waals surface area contributed by atoms with E-state index in [1.165, 1.54) is 12.1 Å². The van der Waals surface area contributed by atoms with Gasteiger partial charge < -0.3 is 15.0 Å². The number of nitrogens with one attached hydrogen (secondary N) is 1. The topological polar surface area (TPSA) is 67.3 Å². The summed E-state index contributed by atoms with van der Waals surface area (Å²) in [5.41, 5.74) is 2.50. The molecule has 0 unspecified atom stereocenters. The predicted molar refractivity (Wildman–Crippen MR) is 117 cm³/mol. The minimum Gasteiger partial charge on any atom is -0.497 e. The number of carbonyl (C=O) groups excluding carboxylic acids is 1. The van der Waals surface area contributed by atoms with E-state index < -0.39 is 0 Å². The van der Waals surface area contributed by atoms with Gasteiger partial charge in [-0.15, -0.1) is 10.2 Å². The Hall–Kier alpha value is -3.48. The number of rotatable bonds is 6. The lowest BCUT2D eigenvalue weighted by Gasteiger charge is -2.32. The number of piperidine rings is 1. The molecule has 0 bridgehead atoms. The lowest BCUT2D eigenvalue weighted by molar-refractivity contribution is -0.125. The summed E-state index contributed by atoms with van der Waals surface area (Å²) in [6, 6.07) is 17.6. The maximum absolute atomic E-state index is 13.1. The van der Waals surface area contributed by atoms with Crippen LogP contribution in [0.5, 0.6) is 5.75 Å². The summed E-state index contributed by atoms with van der Waals surface area (Å²) in [5, 5.41) is 11.7. The highest BCUT2D eigenvalue weighted by Crippen LogP contribution is 2.24. The SMILES string of the molecule is COc1cccc(CNC(=O)[C@@H]2CCCN(c3ccc(-c4ccc(F)cc4)nn3)C2)c1. The molecule has 2 aromatic carbocycles. The first-order valence-corrected chi connectivity index (χ1v) is 10.4. The van der Waals surface area contributed by atoms with E-state index in [4.69, 9.17) is 4.74 Å². The number of carbonyl (C=O) groups is 1. The highest BCUT2D eigenvalue weighted by Gasteiger charge is 2.26. The number of nitrogens with zero attached hydrogens (tertiary/aromatic N) is 3. The van der Waals surface area contributed by atoms with Gasteiger partial charge in [0.2, 0.25) is 5.91 Å². The number of halogens is 1. The second kappa shape index (κ2) is 9.55. The van der Waals surface area contributed by atoms with Crippen LogP contribution in [0.1, 0.15) is 18.4 Å². The third-order valence-corrected chi connectivity index (χ3v) is 5.51. The van der Waals surface area contributed by atoms with Crippen molar-refractivity contribution in [3.63, 3.8) is 0 Å². The first-order chi connectivity index (χ1) is 15.1. The molecule has 1 N–H and O–H groups in total. The molecule has 31 heavy (non-hydrogen) atoms. The third kappa shape index (κ3) is 5.17. The second-order valence-electron chi connectivity index (χ2n) is 7.64. The molecule has 1 aliphatic heterocycles. The Morgan fingerprint density at radius 1 is 1.16 bits per heavy atom. The average molecular weight is 420 g/mol. The monoisotopic (exact) mass is 420 g/mol. The lowest BCUT2D eigenvalue weighted by Crippen LogP contribution is -2.43. The van der Waals surface area contributed by atoms with Gasteiger partial charge in [-0.05, 0) is 66.9 Å². The molecule has 1 aliphatic rings. The van der Waals surface area contributed by atoms with E-state index >= 15 is 0 Å². The maximum atomic E-state index is 13.1. The molecule has 0 spiro atoms. The fraction of sp³-hybridized carbons (Fsp3) is 0.292. The first-order valence-electron chi connectivity index (χ1n) is 10.4. The molecule has 0 radical (unpaired) electrons. The van der Waals surface area contributed by atoms with Crippen molar-refractivity contribution in [2.75, 3.05) is 25.1 Å². The maximum Gasteiger partial charge on any atom is 0.225 e. The lowest BCUT2D eigenvalue weighted by atomic mass is 9.97. The molecule has 2 heterocycles. The third-order valence-electron chi connectivity index (χ3n) is 5.51. The Morgan fingerprint density at radius 2 is 2.00 bits per heavy atom. The summed E-state index contributed by atoms with van der Waals surface area (Å²) in [4.78, 5) is 14.8. The van der Waals surface area contributed by atoms with Crippen molar-refractivity contribution >= 4 is 11.7 Å². The van der Waals surface area contributed by atoms with Gasteiger partial charge in [-0.3, -0.25) is 4.79 Å². The fourth-order valence-corrected chi connectivity index (χ4v) is 3.78. The zero-order chi connectivity index (χ0) is 21.6. The molecular formula is C24H25FN4O2. The molecule has 1 atom stereocenters. The molecular weight excluding hydrogens is 395 g/mol. The Labute approximate surface area is 181 Å².